The van der Waals surface area contributed by atoms with Gasteiger partial charge in [-0.25, -0.2) is 0 Å². The van der Waals surface area contributed by atoms with Crippen LogP contribution in [0.2, 0.25) is 5.02 Å². The van der Waals surface area contributed by atoms with E-state index in [1.54, 1.807) is 19.0 Å². The molecule has 1 rings (SSSR count). The van der Waals surface area contributed by atoms with E-state index >= 15 is 0 Å². The molecule has 0 fully saturated rings. The smallest absolute Gasteiger partial charge is 0.239 e. The van der Waals surface area contributed by atoms with E-state index in [9.17, 15) is 4.79 Å². The van der Waals surface area contributed by atoms with Gasteiger partial charge in [-0.15, -0.1) is 0 Å². The van der Waals surface area contributed by atoms with Gasteiger partial charge in [0.2, 0.25) is 5.91 Å². The third kappa shape index (κ3) is 5.14. The van der Waals surface area contributed by atoms with Gasteiger partial charge in [0.05, 0.1) is 6.04 Å². The van der Waals surface area contributed by atoms with Crippen molar-refractivity contribution in [2.45, 2.75) is 39.3 Å². The van der Waals surface area contributed by atoms with Gasteiger partial charge in [0, 0.05) is 25.2 Å². The van der Waals surface area contributed by atoms with E-state index in [0.717, 1.165) is 17.0 Å². The van der Waals surface area contributed by atoms with Crippen LogP contribution >= 0.6 is 11.6 Å². The Morgan fingerprint density at radius 3 is 2.20 bits per heavy atom. The number of hydrogen-bond acceptors (Lipinski definition) is 2. The minimum absolute atomic E-state index is 0.111. The highest BCUT2D eigenvalue weighted by atomic mass is 35.5. The van der Waals surface area contributed by atoms with Crippen molar-refractivity contribution < 1.29 is 4.79 Å². The van der Waals surface area contributed by atoms with Crippen molar-refractivity contribution >= 4 is 17.5 Å². The van der Waals surface area contributed by atoms with Crippen LogP contribution in [0.1, 0.15) is 38.8 Å². The van der Waals surface area contributed by atoms with Gasteiger partial charge in [0.25, 0.3) is 0 Å². The molecule has 0 radical (unpaired) electrons. The largest absolute Gasteiger partial charge is 0.347 e. The summed E-state index contributed by atoms with van der Waals surface area (Å²) in [7, 11) is 3.59. The first-order chi connectivity index (χ1) is 9.31. The molecule has 0 heterocycles. The second-order valence-corrected chi connectivity index (χ2v) is 6.29. The summed E-state index contributed by atoms with van der Waals surface area (Å²) in [4.78, 5) is 13.9. The van der Waals surface area contributed by atoms with Crippen LogP contribution in [-0.4, -0.2) is 30.9 Å². The Morgan fingerprint density at radius 2 is 1.75 bits per heavy atom. The molecule has 2 unspecified atom stereocenters. The van der Waals surface area contributed by atoms with Crippen molar-refractivity contribution in [2.24, 2.45) is 5.92 Å². The Bertz CT molecular complexity index is 429. The number of amides is 1. The summed E-state index contributed by atoms with van der Waals surface area (Å²) < 4.78 is 0. The molecule has 0 aromatic heterocycles. The van der Waals surface area contributed by atoms with Crippen LogP contribution in [0.5, 0.6) is 0 Å². The molecule has 1 N–H and O–H groups in total. The Hall–Kier alpha value is -1.06. The van der Waals surface area contributed by atoms with Crippen molar-refractivity contribution in [3.8, 4) is 0 Å². The van der Waals surface area contributed by atoms with Crippen molar-refractivity contribution in [3.05, 3.63) is 34.9 Å². The summed E-state index contributed by atoms with van der Waals surface area (Å²) in [6, 6.07) is 7.69. The van der Waals surface area contributed by atoms with Crippen molar-refractivity contribution in [2.75, 3.05) is 14.1 Å². The first kappa shape index (κ1) is 17.0. The zero-order chi connectivity index (χ0) is 15.3. The SMILES string of the molecule is CC(C)CC(NC(C)c1ccc(Cl)cc1)C(=O)N(C)C. The number of nitrogens with one attached hydrogen (secondary N) is 1. The summed E-state index contributed by atoms with van der Waals surface area (Å²) in [6.45, 7) is 6.33. The maximum atomic E-state index is 12.2. The van der Waals surface area contributed by atoms with Crippen LogP contribution in [0.4, 0.5) is 0 Å². The standard InChI is InChI=1S/C16H25ClN2O/c1-11(2)10-15(16(20)19(4)5)18-12(3)13-6-8-14(17)9-7-13/h6-9,11-12,15,18H,10H2,1-5H3. The molecule has 1 aromatic carbocycles. The van der Waals surface area contributed by atoms with Crippen LogP contribution in [0.15, 0.2) is 24.3 Å². The maximum absolute atomic E-state index is 12.2. The van der Waals surface area contributed by atoms with E-state index in [0.29, 0.717) is 5.92 Å². The summed E-state index contributed by atoms with van der Waals surface area (Å²) in [5.74, 6) is 0.591. The van der Waals surface area contributed by atoms with Crippen LogP contribution in [-0.2, 0) is 4.79 Å². The Morgan fingerprint density at radius 1 is 1.20 bits per heavy atom. The van der Waals surface area contributed by atoms with Crippen LogP contribution in [0.25, 0.3) is 0 Å². The second kappa shape index (κ2) is 7.65. The quantitative estimate of drug-likeness (QED) is 0.871. The van der Waals surface area contributed by atoms with E-state index in [1.165, 1.54) is 0 Å². The van der Waals surface area contributed by atoms with Crippen molar-refractivity contribution in [1.29, 1.82) is 0 Å². The number of carbonyl (C=O) groups is 1. The number of hydrogen-bond donors (Lipinski definition) is 1. The highest BCUT2D eigenvalue weighted by Gasteiger charge is 2.23. The topological polar surface area (TPSA) is 32.3 Å². The van der Waals surface area contributed by atoms with Crippen molar-refractivity contribution in [1.82, 2.24) is 10.2 Å². The normalized spacial score (nSPS) is 14.2. The molecule has 4 heteroatoms. The van der Waals surface area contributed by atoms with Gasteiger partial charge >= 0.3 is 0 Å². The number of benzene rings is 1. The third-order valence-electron chi connectivity index (χ3n) is 3.27. The molecule has 0 saturated carbocycles. The van der Waals surface area contributed by atoms with Crippen molar-refractivity contribution in [3.63, 3.8) is 0 Å². The van der Waals surface area contributed by atoms with Gasteiger partial charge in [0.1, 0.15) is 0 Å². The molecule has 1 aromatic rings. The van der Waals surface area contributed by atoms with E-state index in [2.05, 4.69) is 26.1 Å². The molecule has 0 spiro atoms. The van der Waals surface area contributed by atoms with Crippen LogP contribution in [0.3, 0.4) is 0 Å². The number of likely N-dealkylation sites (N-methyl/N-ethyl adjacent to an activating group) is 1. The number of rotatable bonds is 6. The molecular formula is C16H25ClN2O. The molecule has 2 atom stereocenters. The van der Waals surface area contributed by atoms with Gasteiger partial charge in [-0.05, 0) is 37.0 Å². The van der Waals surface area contributed by atoms with E-state index < -0.39 is 0 Å². The third-order valence-corrected chi connectivity index (χ3v) is 3.52. The second-order valence-electron chi connectivity index (χ2n) is 5.85. The lowest BCUT2D eigenvalue weighted by Gasteiger charge is -2.26. The van der Waals surface area contributed by atoms with Gasteiger partial charge in [0.15, 0.2) is 0 Å². The van der Waals surface area contributed by atoms with Crippen LogP contribution in [0, 0.1) is 5.92 Å². The summed E-state index contributed by atoms with van der Waals surface area (Å²) in [5.41, 5.74) is 1.13. The molecule has 1 amide bonds. The van der Waals surface area contributed by atoms with Crippen LogP contribution < -0.4 is 5.32 Å². The molecule has 0 saturated heterocycles. The zero-order valence-electron chi connectivity index (χ0n) is 13.0. The van der Waals surface area contributed by atoms with Gasteiger partial charge in [-0.1, -0.05) is 37.6 Å². The van der Waals surface area contributed by atoms with Gasteiger partial charge in [-0.2, -0.15) is 0 Å². The van der Waals surface area contributed by atoms with E-state index in [1.807, 2.05) is 24.3 Å². The molecular weight excluding hydrogens is 272 g/mol. The fourth-order valence-electron chi connectivity index (χ4n) is 2.17. The molecule has 0 aliphatic carbocycles. The van der Waals surface area contributed by atoms with Gasteiger partial charge in [-0.3, -0.25) is 10.1 Å². The highest BCUT2D eigenvalue weighted by molar-refractivity contribution is 6.30. The molecule has 20 heavy (non-hydrogen) atoms. The Labute approximate surface area is 127 Å². The highest BCUT2D eigenvalue weighted by Crippen LogP contribution is 2.18. The first-order valence-corrected chi connectivity index (χ1v) is 7.41. The molecule has 112 valence electrons. The average molecular weight is 297 g/mol. The summed E-state index contributed by atoms with van der Waals surface area (Å²) in [6.07, 6.45) is 0.828. The number of halogens is 1. The Balaban J connectivity index is 2.78. The monoisotopic (exact) mass is 296 g/mol. The fraction of sp³-hybridized carbons (Fsp3) is 0.562. The number of carbonyl (C=O) groups excluding carboxylic acids is 1. The molecule has 0 bridgehead atoms. The molecule has 3 nitrogen and oxygen atoms in total. The fourth-order valence-corrected chi connectivity index (χ4v) is 2.30. The van der Waals surface area contributed by atoms with Gasteiger partial charge < -0.3 is 4.90 Å². The molecule has 0 aliphatic rings. The Kier molecular flexibility index (Phi) is 6.50. The van der Waals surface area contributed by atoms with E-state index in [-0.39, 0.29) is 18.0 Å². The predicted octanol–water partition coefficient (Wildman–Crippen LogP) is 3.49. The minimum atomic E-state index is -0.157. The maximum Gasteiger partial charge on any atom is 0.239 e. The average Bonchev–Trinajstić information content (AvgIpc) is 2.37. The lowest BCUT2D eigenvalue weighted by atomic mass is 10.0. The summed E-state index contributed by atoms with van der Waals surface area (Å²) in [5, 5.41) is 4.16. The zero-order valence-corrected chi connectivity index (χ0v) is 13.7. The summed E-state index contributed by atoms with van der Waals surface area (Å²) >= 11 is 5.90. The first-order valence-electron chi connectivity index (χ1n) is 7.04. The minimum Gasteiger partial charge on any atom is -0.347 e. The lowest BCUT2D eigenvalue weighted by molar-refractivity contribution is -0.131. The van der Waals surface area contributed by atoms with E-state index in [4.69, 9.17) is 11.6 Å². The number of nitrogens with zero attached hydrogens (tertiary/aromatic N) is 1. The predicted molar refractivity (Wildman–Crippen MR) is 84.9 cm³/mol. The molecule has 0 aliphatic heterocycles. The lowest BCUT2D eigenvalue weighted by Crippen LogP contribution is -2.45.